The first kappa shape index (κ1) is 18.0. The second kappa shape index (κ2) is 8.54. The Hall–Kier alpha value is -2.38. The van der Waals surface area contributed by atoms with E-state index in [2.05, 4.69) is 79.7 Å². The van der Waals surface area contributed by atoms with Crippen LogP contribution < -0.4 is 0 Å². The van der Waals surface area contributed by atoms with Gasteiger partial charge in [0, 0.05) is 13.2 Å². The van der Waals surface area contributed by atoms with E-state index in [1.807, 2.05) is 0 Å². The minimum Gasteiger partial charge on any atom is -0.381 e. The Morgan fingerprint density at radius 1 is 0.741 bits per heavy atom. The molecular formula is C26H28O. The molecule has 0 saturated carbocycles. The normalized spacial score (nSPS) is 15.0. The third-order valence-corrected chi connectivity index (χ3v) is 5.64. The summed E-state index contributed by atoms with van der Waals surface area (Å²) in [6, 6.07) is 27.0. The van der Waals surface area contributed by atoms with E-state index in [1.165, 1.54) is 33.4 Å². The number of hydrogen-bond donors (Lipinski definition) is 0. The highest BCUT2D eigenvalue weighted by Gasteiger charge is 2.17. The van der Waals surface area contributed by atoms with Gasteiger partial charge in [0.25, 0.3) is 0 Å². The summed E-state index contributed by atoms with van der Waals surface area (Å²) in [5.74, 6) is 0.625. The monoisotopic (exact) mass is 356 g/mol. The average molecular weight is 357 g/mol. The summed E-state index contributed by atoms with van der Waals surface area (Å²) in [6.07, 6.45) is 4.44. The largest absolute Gasteiger partial charge is 0.381 e. The zero-order valence-electron chi connectivity index (χ0n) is 16.2. The molecule has 27 heavy (non-hydrogen) atoms. The number of benzene rings is 3. The summed E-state index contributed by atoms with van der Waals surface area (Å²) in [6.45, 7) is 3.92. The molecule has 1 aliphatic heterocycles. The van der Waals surface area contributed by atoms with Crippen LogP contribution in [-0.4, -0.2) is 13.2 Å². The molecule has 138 valence electrons. The lowest BCUT2D eigenvalue weighted by Gasteiger charge is -2.24. The molecule has 0 bridgehead atoms. The number of aryl methyl sites for hydroxylation is 3. The van der Waals surface area contributed by atoms with Gasteiger partial charge in [-0.1, -0.05) is 78.4 Å². The molecule has 1 saturated heterocycles. The minimum absolute atomic E-state index is 0.625. The van der Waals surface area contributed by atoms with Gasteiger partial charge in [-0.15, -0.1) is 0 Å². The summed E-state index contributed by atoms with van der Waals surface area (Å²) in [4.78, 5) is 0. The predicted molar refractivity (Wildman–Crippen MR) is 113 cm³/mol. The highest BCUT2D eigenvalue weighted by molar-refractivity contribution is 5.66. The molecule has 0 N–H and O–H groups in total. The van der Waals surface area contributed by atoms with E-state index < -0.39 is 0 Å². The molecule has 1 heteroatoms. The van der Waals surface area contributed by atoms with Crippen LogP contribution in [0.5, 0.6) is 0 Å². The van der Waals surface area contributed by atoms with Crippen molar-refractivity contribution in [1.82, 2.24) is 0 Å². The van der Waals surface area contributed by atoms with Crippen LogP contribution in [-0.2, 0) is 17.6 Å². The SMILES string of the molecule is Cc1ccc(-c2cc(CCc3ccccc3)cc(C3CCOCC3)c2)cc1. The second-order valence-corrected chi connectivity index (χ2v) is 7.70. The van der Waals surface area contributed by atoms with Crippen molar-refractivity contribution in [2.24, 2.45) is 0 Å². The van der Waals surface area contributed by atoms with Gasteiger partial charge < -0.3 is 4.74 Å². The molecule has 3 aromatic rings. The van der Waals surface area contributed by atoms with E-state index in [-0.39, 0.29) is 0 Å². The lowest BCUT2D eigenvalue weighted by atomic mass is 9.87. The van der Waals surface area contributed by atoms with Gasteiger partial charge >= 0.3 is 0 Å². The summed E-state index contributed by atoms with van der Waals surface area (Å²) in [5.41, 5.74) is 8.31. The van der Waals surface area contributed by atoms with E-state index in [1.54, 1.807) is 0 Å². The average Bonchev–Trinajstić information content (AvgIpc) is 2.74. The molecule has 0 unspecified atom stereocenters. The van der Waals surface area contributed by atoms with E-state index in [0.717, 1.165) is 38.9 Å². The van der Waals surface area contributed by atoms with Crippen LogP contribution in [0.1, 0.15) is 41.0 Å². The fourth-order valence-corrected chi connectivity index (χ4v) is 3.98. The molecule has 0 radical (unpaired) electrons. The Labute approximate surface area is 163 Å². The molecule has 1 heterocycles. The quantitative estimate of drug-likeness (QED) is 0.518. The molecule has 3 aromatic carbocycles. The third-order valence-electron chi connectivity index (χ3n) is 5.64. The van der Waals surface area contributed by atoms with Crippen molar-refractivity contribution in [2.45, 2.75) is 38.5 Å². The number of rotatable bonds is 5. The van der Waals surface area contributed by atoms with E-state index >= 15 is 0 Å². The lowest BCUT2D eigenvalue weighted by Crippen LogP contribution is -2.14. The van der Waals surface area contributed by atoms with E-state index in [0.29, 0.717) is 5.92 Å². The molecule has 1 nitrogen and oxygen atoms in total. The number of hydrogen-bond acceptors (Lipinski definition) is 1. The van der Waals surface area contributed by atoms with Gasteiger partial charge in [-0.2, -0.15) is 0 Å². The van der Waals surface area contributed by atoms with E-state index in [9.17, 15) is 0 Å². The van der Waals surface area contributed by atoms with Gasteiger partial charge in [0.2, 0.25) is 0 Å². The Morgan fingerprint density at radius 2 is 1.44 bits per heavy atom. The van der Waals surface area contributed by atoms with Crippen molar-refractivity contribution in [1.29, 1.82) is 0 Å². The van der Waals surface area contributed by atoms with Crippen LogP contribution >= 0.6 is 0 Å². The summed E-state index contributed by atoms with van der Waals surface area (Å²) in [7, 11) is 0. The molecule has 0 amide bonds. The van der Waals surface area contributed by atoms with Crippen molar-refractivity contribution in [3.8, 4) is 11.1 Å². The van der Waals surface area contributed by atoms with Crippen LogP contribution in [0.2, 0.25) is 0 Å². The highest BCUT2D eigenvalue weighted by Crippen LogP contribution is 2.32. The van der Waals surface area contributed by atoms with Crippen molar-refractivity contribution >= 4 is 0 Å². The fourth-order valence-electron chi connectivity index (χ4n) is 3.98. The Morgan fingerprint density at radius 3 is 2.19 bits per heavy atom. The molecule has 0 aliphatic carbocycles. The third kappa shape index (κ3) is 4.67. The summed E-state index contributed by atoms with van der Waals surface area (Å²) < 4.78 is 5.58. The molecule has 0 atom stereocenters. The van der Waals surface area contributed by atoms with Crippen molar-refractivity contribution in [2.75, 3.05) is 13.2 Å². The van der Waals surface area contributed by atoms with Gasteiger partial charge in [0.1, 0.15) is 0 Å². The molecule has 0 aromatic heterocycles. The smallest absolute Gasteiger partial charge is 0.0471 e. The topological polar surface area (TPSA) is 9.23 Å². The van der Waals surface area contributed by atoms with Gasteiger partial charge in [-0.05, 0) is 66.3 Å². The summed E-state index contributed by atoms with van der Waals surface area (Å²) >= 11 is 0. The van der Waals surface area contributed by atoms with Crippen LogP contribution in [0.15, 0.2) is 72.8 Å². The first-order chi connectivity index (χ1) is 13.3. The van der Waals surface area contributed by atoms with Crippen molar-refractivity contribution in [3.63, 3.8) is 0 Å². The standard InChI is InChI=1S/C26H28O/c1-20-7-11-23(12-8-20)25-17-22(10-9-21-5-3-2-4-6-21)18-26(19-25)24-13-15-27-16-14-24/h2-8,11-12,17-19,24H,9-10,13-16H2,1H3. The van der Waals surface area contributed by atoms with Crippen molar-refractivity contribution < 1.29 is 4.74 Å². The second-order valence-electron chi connectivity index (χ2n) is 7.70. The predicted octanol–water partition coefficient (Wildman–Crippen LogP) is 6.34. The maximum absolute atomic E-state index is 5.58. The fraction of sp³-hybridized carbons (Fsp3) is 0.308. The highest BCUT2D eigenvalue weighted by atomic mass is 16.5. The Balaban J connectivity index is 1.64. The lowest BCUT2D eigenvalue weighted by molar-refractivity contribution is 0.0853. The first-order valence-corrected chi connectivity index (χ1v) is 10.1. The van der Waals surface area contributed by atoms with E-state index in [4.69, 9.17) is 4.74 Å². The van der Waals surface area contributed by atoms with Gasteiger partial charge in [0.05, 0.1) is 0 Å². The Kier molecular flexibility index (Phi) is 5.69. The molecule has 0 spiro atoms. The van der Waals surface area contributed by atoms with Crippen LogP contribution in [0.4, 0.5) is 0 Å². The summed E-state index contributed by atoms with van der Waals surface area (Å²) in [5, 5.41) is 0. The van der Waals surface area contributed by atoms with Crippen LogP contribution in [0.3, 0.4) is 0 Å². The maximum atomic E-state index is 5.58. The molecular weight excluding hydrogens is 328 g/mol. The minimum atomic E-state index is 0.625. The van der Waals surface area contributed by atoms with Gasteiger partial charge in [-0.3, -0.25) is 0 Å². The van der Waals surface area contributed by atoms with Crippen molar-refractivity contribution in [3.05, 3.63) is 95.1 Å². The first-order valence-electron chi connectivity index (χ1n) is 10.1. The zero-order chi connectivity index (χ0) is 18.5. The van der Waals surface area contributed by atoms with Crippen LogP contribution in [0, 0.1) is 6.92 Å². The molecule has 4 rings (SSSR count). The molecule has 1 aliphatic rings. The van der Waals surface area contributed by atoms with Crippen LogP contribution in [0.25, 0.3) is 11.1 Å². The number of ether oxygens (including phenoxy) is 1. The Bertz CT molecular complexity index is 858. The maximum Gasteiger partial charge on any atom is 0.0471 e. The zero-order valence-corrected chi connectivity index (χ0v) is 16.2. The molecule has 1 fully saturated rings. The van der Waals surface area contributed by atoms with Gasteiger partial charge in [-0.25, -0.2) is 0 Å². The van der Waals surface area contributed by atoms with Gasteiger partial charge in [0.15, 0.2) is 0 Å².